The molecule has 15 heavy (non-hydrogen) atoms. The molecule has 78 valence electrons. The second-order valence-electron chi connectivity index (χ2n) is 3.58. The van der Waals surface area contributed by atoms with Crippen LogP contribution in [-0.2, 0) is 4.79 Å². The first-order valence-corrected chi connectivity index (χ1v) is 6.47. The number of hydrogen-bond acceptors (Lipinski definition) is 2. The molecule has 0 spiro atoms. The van der Waals surface area contributed by atoms with Crippen LogP contribution in [-0.4, -0.2) is 20.5 Å². The van der Waals surface area contributed by atoms with Gasteiger partial charge in [0.1, 0.15) is 0 Å². The second-order valence-corrected chi connectivity index (χ2v) is 6.22. The number of fused-ring (bicyclic) bond motifs is 1. The van der Waals surface area contributed by atoms with Gasteiger partial charge in [-0.1, -0.05) is 0 Å². The third-order valence-electron chi connectivity index (χ3n) is 2.21. The van der Waals surface area contributed by atoms with Crippen molar-refractivity contribution >= 4 is 30.1 Å². The van der Waals surface area contributed by atoms with Crippen LogP contribution in [0.15, 0.2) is 18.2 Å². The number of aryl methyl sites for hydroxylation is 2. The molecule has 0 N–H and O–H groups in total. The van der Waals surface area contributed by atoms with Gasteiger partial charge >= 0.3 is 94.4 Å². The van der Waals surface area contributed by atoms with E-state index in [1.54, 1.807) is 0 Å². The van der Waals surface area contributed by atoms with Crippen LogP contribution >= 0.6 is 0 Å². The van der Waals surface area contributed by atoms with Gasteiger partial charge < -0.3 is 0 Å². The van der Waals surface area contributed by atoms with Gasteiger partial charge in [-0.2, -0.15) is 0 Å². The Morgan fingerprint density at radius 3 is 2.73 bits per heavy atom. The molecule has 0 saturated heterocycles. The average Bonchev–Trinajstić information content (AvgIpc) is 2.43. The van der Waals surface area contributed by atoms with E-state index in [1.165, 1.54) is 21.2 Å². The molecule has 0 bridgehead atoms. The van der Waals surface area contributed by atoms with E-state index in [1.807, 2.05) is 13.8 Å². The SMILES string of the molecule is CC(=O)Oc1c(C)[se]c2ccc(C)cc12. The minimum absolute atomic E-state index is 0.241. The minimum atomic E-state index is -0.241. The molecule has 0 unspecified atom stereocenters. The fraction of sp³-hybridized carbons (Fsp3) is 0.250. The summed E-state index contributed by atoms with van der Waals surface area (Å²) in [6.07, 6.45) is 0. The van der Waals surface area contributed by atoms with E-state index in [-0.39, 0.29) is 5.97 Å². The number of hydrogen-bond donors (Lipinski definition) is 0. The van der Waals surface area contributed by atoms with Crippen LogP contribution < -0.4 is 4.74 Å². The van der Waals surface area contributed by atoms with Crippen molar-refractivity contribution in [2.24, 2.45) is 0 Å². The quantitative estimate of drug-likeness (QED) is 0.586. The molecular weight excluding hydrogens is 255 g/mol. The van der Waals surface area contributed by atoms with Crippen molar-refractivity contribution < 1.29 is 9.53 Å². The van der Waals surface area contributed by atoms with Crippen molar-refractivity contribution in [3.63, 3.8) is 0 Å². The van der Waals surface area contributed by atoms with E-state index < -0.39 is 0 Å². The van der Waals surface area contributed by atoms with Crippen molar-refractivity contribution in [1.29, 1.82) is 0 Å². The molecule has 2 nitrogen and oxygen atoms in total. The molecule has 0 aliphatic carbocycles. The number of esters is 1. The fourth-order valence-electron chi connectivity index (χ4n) is 1.58. The molecule has 1 heterocycles. The normalized spacial score (nSPS) is 10.6. The van der Waals surface area contributed by atoms with Crippen LogP contribution in [0.1, 0.15) is 16.9 Å². The zero-order valence-corrected chi connectivity index (χ0v) is 10.7. The predicted molar refractivity (Wildman–Crippen MR) is 61.7 cm³/mol. The van der Waals surface area contributed by atoms with Crippen LogP contribution in [0.5, 0.6) is 5.75 Å². The summed E-state index contributed by atoms with van der Waals surface area (Å²) < 4.78 is 7.76. The molecule has 2 rings (SSSR count). The number of ether oxygens (including phenoxy) is 1. The van der Waals surface area contributed by atoms with Crippen molar-refractivity contribution in [3.8, 4) is 5.75 Å². The van der Waals surface area contributed by atoms with Crippen molar-refractivity contribution in [2.45, 2.75) is 20.8 Å². The van der Waals surface area contributed by atoms with E-state index in [2.05, 4.69) is 18.2 Å². The van der Waals surface area contributed by atoms with Gasteiger partial charge in [-0.25, -0.2) is 0 Å². The molecule has 0 saturated carbocycles. The molecule has 2 aromatic rings. The summed E-state index contributed by atoms with van der Waals surface area (Å²) in [6.45, 7) is 5.53. The van der Waals surface area contributed by atoms with Crippen LogP contribution in [0, 0.1) is 13.8 Å². The molecule has 0 atom stereocenters. The molecular formula is C12H12O2Se. The number of benzene rings is 1. The first-order chi connectivity index (χ1) is 7.08. The Balaban J connectivity index is 2.65. The predicted octanol–water partition coefficient (Wildman–Crippen LogP) is 2.44. The Morgan fingerprint density at radius 1 is 1.33 bits per heavy atom. The van der Waals surface area contributed by atoms with Crippen LogP contribution in [0.4, 0.5) is 0 Å². The van der Waals surface area contributed by atoms with E-state index >= 15 is 0 Å². The standard InChI is InChI=1S/C12H12O2Se/c1-7-4-5-11-10(6-7)12(8(2)15-11)14-9(3)13/h4-6H,1-3H3. The molecule has 1 aromatic heterocycles. The zero-order chi connectivity index (χ0) is 11.0. The van der Waals surface area contributed by atoms with Gasteiger partial charge in [-0.3, -0.25) is 0 Å². The average molecular weight is 267 g/mol. The van der Waals surface area contributed by atoms with Crippen LogP contribution in [0.3, 0.4) is 0 Å². The summed E-state index contributed by atoms with van der Waals surface area (Å²) in [5, 5.41) is 1.10. The maximum atomic E-state index is 11.0. The molecule has 0 amide bonds. The van der Waals surface area contributed by atoms with E-state index in [9.17, 15) is 4.79 Å². The number of carbonyl (C=O) groups is 1. The van der Waals surface area contributed by atoms with Crippen LogP contribution in [0.2, 0.25) is 0 Å². The van der Waals surface area contributed by atoms with E-state index in [4.69, 9.17) is 4.74 Å². The summed E-state index contributed by atoms with van der Waals surface area (Å²) in [6, 6.07) is 6.32. The van der Waals surface area contributed by atoms with Gasteiger partial charge in [-0.15, -0.1) is 0 Å². The van der Waals surface area contributed by atoms with Gasteiger partial charge in [0.25, 0.3) is 0 Å². The Labute approximate surface area is 94.6 Å². The second kappa shape index (κ2) is 3.84. The van der Waals surface area contributed by atoms with Crippen molar-refractivity contribution in [3.05, 3.63) is 28.2 Å². The fourth-order valence-corrected chi connectivity index (χ4v) is 3.62. The Morgan fingerprint density at radius 2 is 2.07 bits per heavy atom. The van der Waals surface area contributed by atoms with Gasteiger partial charge in [0, 0.05) is 0 Å². The summed E-state index contributed by atoms with van der Waals surface area (Å²) in [5.41, 5.74) is 1.20. The molecule has 0 radical (unpaired) electrons. The number of carbonyl (C=O) groups excluding carboxylic acids is 1. The Hall–Kier alpha value is -1.05. The maximum absolute atomic E-state index is 11.0. The molecule has 0 aliphatic heterocycles. The third-order valence-corrected chi connectivity index (χ3v) is 4.45. The van der Waals surface area contributed by atoms with Crippen LogP contribution in [0.25, 0.3) is 9.65 Å². The van der Waals surface area contributed by atoms with E-state index in [0.29, 0.717) is 14.5 Å². The Kier molecular flexibility index (Phi) is 2.68. The first kappa shape index (κ1) is 10.5. The summed E-state index contributed by atoms with van der Waals surface area (Å²) >= 11 is 0.313. The molecule has 0 fully saturated rings. The molecule has 1 aromatic carbocycles. The topological polar surface area (TPSA) is 26.3 Å². The Bertz CT molecular complexity index is 526. The molecule has 0 aliphatic rings. The molecule has 3 heteroatoms. The monoisotopic (exact) mass is 268 g/mol. The summed E-state index contributed by atoms with van der Waals surface area (Å²) in [4.78, 5) is 11.0. The van der Waals surface area contributed by atoms with Crippen molar-refractivity contribution in [1.82, 2.24) is 0 Å². The van der Waals surface area contributed by atoms with Crippen molar-refractivity contribution in [2.75, 3.05) is 0 Å². The van der Waals surface area contributed by atoms with Gasteiger partial charge in [-0.05, 0) is 0 Å². The van der Waals surface area contributed by atoms with Gasteiger partial charge in [0.2, 0.25) is 0 Å². The summed E-state index contributed by atoms with van der Waals surface area (Å²) in [5.74, 6) is 0.538. The zero-order valence-electron chi connectivity index (χ0n) is 8.96. The summed E-state index contributed by atoms with van der Waals surface area (Å²) in [7, 11) is 0. The third kappa shape index (κ3) is 1.99. The number of rotatable bonds is 1. The van der Waals surface area contributed by atoms with Gasteiger partial charge in [0.15, 0.2) is 0 Å². The van der Waals surface area contributed by atoms with E-state index in [0.717, 1.165) is 11.1 Å². The van der Waals surface area contributed by atoms with Gasteiger partial charge in [0.05, 0.1) is 0 Å². The first-order valence-electron chi connectivity index (χ1n) is 4.76.